The van der Waals surface area contributed by atoms with Crippen LogP contribution in [0.5, 0.6) is 0 Å². The lowest BCUT2D eigenvalue weighted by Crippen LogP contribution is -2.32. The number of nitrogens with one attached hydrogen (secondary N) is 1. The number of imide groups is 1. The molecule has 3 aromatic rings. The minimum Gasteiger partial charge on any atom is -0.343 e. The first-order chi connectivity index (χ1) is 12.1. The van der Waals surface area contributed by atoms with Crippen LogP contribution in [-0.4, -0.2) is 37.8 Å². The summed E-state index contributed by atoms with van der Waals surface area (Å²) in [7, 11) is 0. The lowest BCUT2D eigenvalue weighted by Gasteiger charge is -2.12. The Balaban J connectivity index is 1.53. The molecule has 1 aliphatic rings. The van der Waals surface area contributed by atoms with Crippen LogP contribution in [0.4, 0.5) is 0 Å². The van der Waals surface area contributed by atoms with Gasteiger partial charge in [0.25, 0.3) is 11.8 Å². The molecule has 8 nitrogen and oxygen atoms in total. The fourth-order valence-corrected chi connectivity index (χ4v) is 2.45. The number of pyridine rings is 1. The second-order valence-corrected chi connectivity index (χ2v) is 5.20. The Morgan fingerprint density at radius 1 is 1.00 bits per heavy atom. The molecule has 3 heterocycles. The van der Waals surface area contributed by atoms with E-state index in [2.05, 4.69) is 15.0 Å². The number of fused-ring (bicyclic) bond motifs is 1. The first kappa shape index (κ1) is 14.8. The summed E-state index contributed by atoms with van der Waals surface area (Å²) in [6.45, 7) is 0. The van der Waals surface area contributed by atoms with E-state index in [-0.39, 0.29) is 16.7 Å². The Morgan fingerprint density at radius 3 is 2.28 bits per heavy atom. The molecular formula is C17H10N4O4. The molecule has 122 valence electrons. The zero-order chi connectivity index (χ0) is 17.4. The number of carbonyl (C=O) groups is 3. The molecule has 2 amide bonds. The number of amides is 2. The van der Waals surface area contributed by atoms with Gasteiger partial charge in [-0.3, -0.25) is 14.6 Å². The SMILES string of the molecule is O=C(ON1C(=O)c2ccccc2C1=O)c1ccc(-c2ncc[nH]2)nc1. The molecular weight excluding hydrogens is 324 g/mol. The summed E-state index contributed by atoms with van der Waals surface area (Å²) >= 11 is 0. The van der Waals surface area contributed by atoms with Crippen LogP contribution < -0.4 is 0 Å². The van der Waals surface area contributed by atoms with Gasteiger partial charge in [0, 0.05) is 18.6 Å². The zero-order valence-electron chi connectivity index (χ0n) is 12.7. The van der Waals surface area contributed by atoms with Crippen LogP contribution in [0.1, 0.15) is 31.1 Å². The number of H-pyrrole nitrogens is 1. The number of benzene rings is 1. The number of hydrogen-bond donors (Lipinski definition) is 1. The number of aromatic nitrogens is 3. The van der Waals surface area contributed by atoms with Crippen LogP contribution >= 0.6 is 0 Å². The van der Waals surface area contributed by atoms with Crippen molar-refractivity contribution in [3.8, 4) is 11.5 Å². The minimum absolute atomic E-state index is 0.104. The molecule has 0 fully saturated rings. The monoisotopic (exact) mass is 334 g/mol. The predicted molar refractivity (Wildman–Crippen MR) is 84.2 cm³/mol. The van der Waals surface area contributed by atoms with Crippen molar-refractivity contribution in [2.75, 3.05) is 0 Å². The van der Waals surface area contributed by atoms with Gasteiger partial charge in [-0.1, -0.05) is 17.2 Å². The second kappa shape index (κ2) is 5.68. The van der Waals surface area contributed by atoms with E-state index >= 15 is 0 Å². The third-order valence-electron chi connectivity index (χ3n) is 3.67. The molecule has 0 spiro atoms. The molecule has 0 bridgehead atoms. The summed E-state index contributed by atoms with van der Waals surface area (Å²) in [5, 5.41) is 0.466. The van der Waals surface area contributed by atoms with Gasteiger partial charge in [0.2, 0.25) is 0 Å². The molecule has 0 radical (unpaired) electrons. The fourth-order valence-electron chi connectivity index (χ4n) is 2.45. The number of rotatable bonds is 3. The maximum atomic E-state index is 12.2. The Morgan fingerprint density at radius 2 is 1.72 bits per heavy atom. The lowest BCUT2D eigenvalue weighted by atomic mass is 10.1. The van der Waals surface area contributed by atoms with Gasteiger partial charge in [-0.05, 0) is 24.3 Å². The molecule has 4 rings (SSSR count). The van der Waals surface area contributed by atoms with E-state index in [1.807, 2.05) is 0 Å². The molecule has 25 heavy (non-hydrogen) atoms. The van der Waals surface area contributed by atoms with Crippen molar-refractivity contribution in [3.05, 3.63) is 71.7 Å². The molecule has 0 saturated carbocycles. The number of aromatic amines is 1. The van der Waals surface area contributed by atoms with Crippen molar-refractivity contribution in [1.29, 1.82) is 0 Å². The van der Waals surface area contributed by atoms with Gasteiger partial charge in [-0.2, -0.15) is 0 Å². The second-order valence-electron chi connectivity index (χ2n) is 5.20. The normalized spacial score (nSPS) is 13.0. The Hall–Kier alpha value is -3.81. The number of nitrogens with zero attached hydrogens (tertiary/aromatic N) is 3. The van der Waals surface area contributed by atoms with Gasteiger partial charge >= 0.3 is 5.97 Å². The number of hydrogen-bond acceptors (Lipinski definition) is 6. The third kappa shape index (κ3) is 2.45. The van der Waals surface area contributed by atoms with E-state index in [1.54, 1.807) is 30.6 Å². The van der Waals surface area contributed by atoms with E-state index in [9.17, 15) is 14.4 Å². The fraction of sp³-hybridized carbons (Fsp3) is 0. The van der Waals surface area contributed by atoms with Crippen LogP contribution in [0.2, 0.25) is 0 Å². The molecule has 1 aromatic carbocycles. The predicted octanol–water partition coefficient (Wildman–Crippen LogP) is 1.84. The molecule has 1 aliphatic heterocycles. The van der Waals surface area contributed by atoms with E-state index in [4.69, 9.17) is 4.84 Å². The molecule has 2 aromatic heterocycles. The molecule has 8 heteroatoms. The average molecular weight is 334 g/mol. The summed E-state index contributed by atoms with van der Waals surface area (Å²) < 4.78 is 0. The molecule has 0 aliphatic carbocycles. The molecule has 0 atom stereocenters. The summed E-state index contributed by atoms with van der Waals surface area (Å²) in [5.41, 5.74) is 1.05. The highest BCUT2D eigenvalue weighted by Gasteiger charge is 2.38. The first-order valence-corrected chi connectivity index (χ1v) is 7.31. The van der Waals surface area contributed by atoms with E-state index in [0.717, 1.165) is 0 Å². The summed E-state index contributed by atoms with van der Waals surface area (Å²) in [6, 6.07) is 9.33. The van der Waals surface area contributed by atoms with Crippen molar-refractivity contribution >= 4 is 17.8 Å². The minimum atomic E-state index is -0.854. The van der Waals surface area contributed by atoms with Crippen LogP contribution in [-0.2, 0) is 4.84 Å². The standard InChI is InChI=1S/C17H10N4O4/c22-15-11-3-1-2-4-12(11)16(23)21(15)25-17(24)10-5-6-13(20-9-10)14-18-7-8-19-14/h1-9H,(H,18,19). The van der Waals surface area contributed by atoms with Crippen molar-refractivity contribution in [2.24, 2.45) is 0 Å². The number of carbonyl (C=O) groups excluding carboxylic acids is 3. The highest BCUT2D eigenvalue weighted by atomic mass is 16.7. The van der Waals surface area contributed by atoms with Crippen molar-refractivity contribution in [2.45, 2.75) is 0 Å². The van der Waals surface area contributed by atoms with Crippen LogP contribution in [0, 0.1) is 0 Å². The highest BCUT2D eigenvalue weighted by Crippen LogP contribution is 2.23. The van der Waals surface area contributed by atoms with Gasteiger partial charge < -0.3 is 9.82 Å². The van der Waals surface area contributed by atoms with Gasteiger partial charge in [0.1, 0.15) is 5.69 Å². The Labute approximate surface area is 141 Å². The van der Waals surface area contributed by atoms with Gasteiger partial charge in [-0.15, -0.1) is 0 Å². The summed E-state index contributed by atoms with van der Waals surface area (Å²) in [5.74, 6) is -1.64. The quantitative estimate of drug-likeness (QED) is 0.733. The Kier molecular flexibility index (Phi) is 3.35. The van der Waals surface area contributed by atoms with Crippen molar-refractivity contribution < 1.29 is 19.2 Å². The van der Waals surface area contributed by atoms with Crippen LogP contribution in [0.25, 0.3) is 11.5 Å². The number of hydroxylamine groups is 2. The smallest absolute Gasteiger partial charge is 0.343 e. The van der Waals surface area contributed by atoms with E-state index in [1.165, 1.54) is 24.4 Å². The molecule has 0 unspecified atom stereocenters. The third-order valence-corrected chi connectivity index (χ3v) is 3.67. The highest BCUT2D eigenvalue weighted by molar-refractivity contribution is 6.21. The maximum Gasteiger partial charge on any atom is 0.365 e. The maximum absolute atomic E-state index is 12.2. The van der Waals surface area contributed by atoms with Crippen molar-refractivity contribution in [1.82, 2.24) is 20.0 Å². The Bertz CT molecular complexity index is 945. The van der Waals surface area contributed by atoms with Crippen LogP contribution in [0.15, 0.2) is 55.0 Å². The number of imidazole rings is 1. The van der Waals surface area contributed by atoms with Crippen LogP contribution in [0.3, 0.4) is 0 Å². The zero-order valence-corrected chi connectivity index (χ0v) is 12.7. The average Bonchev–Trinajstić information content (AvgIpc) is 3.26. The van der Waals surface area contributed by atoms with E-state index in [0.29, 0.717) is 16.6 Å². The summed E-state index contributed by atoms with van der Waals surface area (Å²) in [4.78, 5) is 52.6. The summed E-state index contributed by atoms with van der Waals surface area (Å²) in [6.07, 6.45) is 4.53. The van der Waals surface area contributed by atoms with E-state index < -0.39 is 17.8 Å². The largest absolute Gasteiger partial charge is 0.365 e. The molecule has 0 saturated heterocycles. The van der Waals surface area contributed by atoms with Gasteiger partial charge in [-0.25, -0.2) is 9.78 Å². The topological polar surface area (TPSA) is 105 Å². The van der Waals surface area contributed by atoms with Crippen molar-refractivity contribution in [3.63, 3.8) is 0 Å². The van der Waals surface area contributed by atoms with Gasteiger partial charge in [0.15, 0.2) is 5.82 Å². The van der Waals surface area contributed by atoms with Gasteiger partial charge in [0.05, 0.1) is 16.7 Å². The molecule has 1 N–H and O–H groups in total. The first-order valence-electron chi connectivity index (χ1n) is 7.31. The lowest BCUT2D eigenvalue weighted by molar-refractivity contribution is -0.0584.